The molecule has 116 valence electrons. The van der Waals surface area contributed by atoms with Crippen LogP contribution < -0.4 is 51.4 Å². The molecule has 0 saturated carbocycles. The maximum absolute atomic E-state index is 11.4. The Kier molecular flexibility index (Phi) is 16.8. The van der Waals surface area contributed by atoms with Crippen LogP contribution in [0.25, 0.3) is 11.5 Å². The van der Waals surface area contributed by atoms with Gasteiger partial charge in [0.15, 0.2) is 0 Å². The van der Waals surface area contributed by atoms with Crippen molar-refractivity contribution < 1.29 is 67.1 Å². The summed E-state index contributed by atoms with van der Waals surface area (Å²) in [6, 6.07) is 0. The van der Waals surface area contributed by atoms with Crippen molar-refractivity contribution in [2.75, 3.05) is 6.54 Å². The van der Waals surface area contributed by atoms with E-state index in [1.54, 1.807) is 0 Å². The van der Waals surface area contributed by atoms with Gasteiger partial charge in [-0.3, -0.25) is 4.79 Å². The van der Waals surface area contributed by atoms with Gasteiger partial charge in [0, 0.05) is 12.8 Å². The van der Waals surface area contributed by atoms with Crippen LogP contribution in [0.15, 0.2) is 0 Å². The molecule has 0 aromatic rings. The molecule has 0 aromatic carbocycles. The maximum atomic E-state index is 11.4. The predicted octanol–water partition coefficient (Wildman–Crippen LogP) is 1.27. The minimum atomic E-state index is -1.33. The summed E-state index contributed by atoms with van der Waals surface area (Å²) in [4.78, 5) is 20.2. The molecule has 0 aromatic heterocycles. The van der Waals surface area contributed by atoms with Crippen molar-refractivity contribution in [3.05, 3.63) is 11.5 Å². The summed E-state index contributed by atoms with van der Waals surface area (Å²) in [7, 11) is 0. The average molecular weight is 315 g/mol. The molecule has 6 heteroatoms. The van der Waals surface area contributed by atoms with Crippen LogP contribution in [0, 0.1) is 10.8 Å². The van der Waals surface area contributed by atoms with E-state index < -0.39 is 6.39 Å². The molecule has 0 atom stereocenters. The van der Waals surface area contributed by atoms with E-state index in [1.165, 1.54) is 0 Å². The Labute approximate surface area is 168 Å². The zero-order valence-corrected chi connectivity index (χ0v) is 16.3. The smallest absolute Gasteiger partial charge is 0.677 e. The number of esters is 1. The van der Waals surface area contributed by atoms with Crippen molar-refractivity contribution in [2.24, 2.45) is 10.8 Å². The molecule has 1 amide bonds. The fourth-order valence-electron chi connectivity index (χ4n) is 1.95. The monoisotopic (exact) mass is 314 g/mol. The second kappa shape index (κ2) is 13.2. The predicted molar refractivity (Wildman–Crippen MR) is 79.7 cm³/mol. The molecule has 0 unspecified atom stereocenters. The molecule has 0 saturated heterocycles. The molecule has 5 nitrogen and oxygen atoms in total. The summed E-state index contributed by atoms with van der Waals surface area (Å²) in [5, 5.41) is 0. The van der Waals surface area contributed by atoms with Crippen LogP contribution in [0.2, 0.25) is 0 Å². The fraction of sp³-hybridized carbons (Fsp3) is 0.857. The first-order valence-corrected chi connectivity index (χ1v) is 5.88. The number of ether oxygens (including phenoxy) is 1. The van der Waals surface area contributed by atoms with E-state index in [1.807, 2.05) is 0 Å². The standard InChI is InChI=1S/C12H24NO2.CH3NO.CH4.K/c1-11(2,3)10(12(4,5)6)15-9(14)7-8-13;2-1-3;;/h10,13H,7-8H2,1-6H3;1H,(H2,2,3);1H4;/q-1;;;+1/p-1/i;1D;;. The van der Waals surface area contributed by atoms with Gasteiger partial charge in [0.25, 0.3) is 0 Å². The molecular formula is C14H30KN2O3-. The van der Waals surface area contributed by atoms with E-state index in [2.05, 4.69) is 41.5 Å². The summed E-state index contributed by atoms with van der Waals surface area (Å²) in [5.41, 5.74) is 12.5. The van der Waals surface area contributed by atoms with Crippen molar-refractivity contribution in [1.29, 1.82) is 0 Å². The zero-order valence-electron chi connectivity index (χ0n) is 14.2. The van der Waals surface area contributed by atoms with Gasteiger partial charge in [-0.2, -0.15) is 0 Å². The molecule has 0 bridgehead atoms. The van der Waals surface area contributed by atoms with Crippen molar-refractivity contribution in [2.45, 2.75) is 61.5 Å². The van der Waals surface area contributed by atoms with Crippen LogP contribution in [-0.4, -0.2) is 25.0 Å². The second-order valence-corrected chi connectivity index (χ2v) is 6.20. The van der Waals surface area contributed by atoms with Crippen LogP contribution in [0.5, 0.6) is 0 Å². The number of amides is 1. The third kappa shape index (κ3) is 14.9. The topological polar surface area (TPSA) is 91.0 Å². The first-order chi connectivity index (χ1) is 8.32. The van der Waals surface area contributed by atoms with Crippen LogP contribution in [0.1, 0.15) is 56.8 Å². The summed E-state index contributed by atoms with van der Waals surface area (Å²) in [5.74, 6) is -0.264. The van der Waals surface area contributed by atoms with E-state index in [9.17, 15) is 4.79 Å². The zero-order chi connectivity index (χ0) is 15.9. The molecule has 0 rings (SSSR count). The molecule has 0 fully saturated rings. The third-order valence-electron chi connectivity index (χ3n) is 2.15. The quantitative estimate of drug-likeness (QED) is 0.446. The number of nitrogens with one attached hydrogen (secondary N) is 2. The molecule has 0 aliphatic rings. The minimum absolute atomic E-state index is 0. The number of hydrogen-bond donors (Lipinski definition) is 0. The third-order valence-corrected chi connectivity index (χ3v) is 2.15. The summed E-state index contributed by atoms with van der Waals surface area (Å²) >= 11 is 0. The molecule has 20 heavy (non-hydrogen) atoms. The Hall–Kier alpha value is 0.536. The molecule has 0 aliphatic carbocycles. The Morgan fingerprint density at radius 2 is 1.55 bits per heavy atom. The van der Waals surface area contributed by atoms with Gasteiger partial charge in [0.2, 0.25) is 0 Å². The first-order valence-electron chi connectivity index (χ1n) is 6.38. The van der Waals surface area contributed by atoms with Gasteiger partial charge < -0.3 is 21.0 Å². The van der Waals surface area contributed by atoms with E-state index in [0.29, 0.717) is 0 Å². The molecule has 0 aliphatic heterocycles. The Balaban J connectivity index is -0.000000213. The minimum Gasteiger partial charge on any atom is -0.677 e. The Bertz CT molecular complexity index is 282. The van der Waals surface area contributed by atoms with E-state index in [0.717, 1.165) is 0 Å². The van der Waals surface area contributed by atoms with Gasteiger partial charge in [0.05, 0.1) is 1.37 Å². The SMILES string of the molecule is C.CC(C)(C)C(OC(=O)CC[NH-])C(C)(C)C.[2H]C([NH-])=O.[K+]. The van der Waals surface area contributed by atoms with Gasteiger partial charge in [-0.05, 0) is 10.8 Å². The van der Waals surface area contributed by atoms with Crippen molar-refractivity contribution >= 4 is 12.4 Å². The molecule has 0 radical (unpaired) electrons. The van der Waals surface area contributed by atoms with Crippen LogP contribution in [-0.2, 0) is 14.3 Å². The van der Waals surface area contributed by atoms with Crippen molar-refractivity contribution in [1.82, 2.24) is 0 Å². The molecule has 0 spiro atoms. The van der Waals surface area contributed by atoms with Crippen LogP contribution in [0.4, 0.5) is 0 Å². The van der Waals surface area contributed by atoms with Gasteiger partial charge in [-0.25, -0.2) is 0 Å². The average Bonchev–Trinajstić information content (AvgIpc) is 2.10. The number of carbonyl (C=O) groups is 2. The van der Waals surface area contributed by atoms with Crippen LogP contribution >= 0.6 is 0 Å². The van der Waals surface area contributed by atoms with Gasteiger partial charge in [-0.15, -0.1) is 6.54 Å². The Morgan fingerprint density at radius 3 is 1.75 bits per heavy atom. The van der Waals surface area contributed by atoms with E-state index >= 15 is 0 Å². The largest absolute Gasteiger partial charge is 1.00 e. The molecule has 2 N–H and O–H groups in total. The van der Waals surface area contributed by atoms with Crippen molar-refractivity contribution in [3.8, 4) is 0 Å². The number of hydrogen-bond acceptors (Lipinski definition) is 3. The molecule has 0 heterocycles. The normalized spacial score (nSPS) is 11.1. The second-order valence-electron chi connectivity index (χ2n) is 6.20. The first kappa shape index (κ1) is 25.5. The summed E-state index contributed by atoms with van der Waals surface area (Å²) < 4.78 is 11.1. The van der Waals surface area contributed by atoms with E-state index in [-0.39, 0.29) is 94.7 Å². The van der Waals surface area contributed by atoms with E-state index in [4.69, 9.17) is 22.4 Å². The van der Waals surface area contributed by atoms with Gasteiger partial charge >= 0.3 is 57.4 Å². The van der Waals surface area contributed by atoms with Crippen LogP contribution in [0.3, 0.4) is 0 Å². The number of carbonyl (C=O) groups excluding carboxylic acids is 2. The molecular weight excluding hydrogens is 283 g/mol. The summed E-state index contributed by atoms with van der Waals surface area (Å²) in [6.07, 6.45) is -1.27. The maximum Gasteiger partial charge on any atom is 1.00 e. The summed E-state index contributed by atoms with van der Waals surface area (Å²) in [6.45, 7) is 12.5. The van der Waals surface area contributed by atoms with Gasteiger partial charge in [0.1, 0.15) is 6.10 Å². The Morgan fingerprint density at radius 1 is 1.25 bits per heavy atom. The van der Waals surface area contributed by atoms with Crippen molar-refractivity contribution in [3.63, 3.8) is 0 Å². The fourth-order valence-corrected chi connectivity index (χ4v) is 1.95. The van der Waals surface area contributed by atoms with Gasteiger partial charge in [-0.1, -0.05) is 49.0 Å². The number of rotatable bonds is 3.